The van der Waals surface area contributed by atoms with Gasteiger partial charge in [-0.3, -0.25) is 9.59 Å². The normalized spacial score (nSPS) is 26.8. The first-order valence-corrected chi connectivity index (χ1v) is 11.5. The predicted molar refractivity (Wildman–Crippen MR) is 121 cm³/mol. The van der Waals surface area contributed by atoms with Crippen LogP contribution in [-0.4, -0.2) is 60.9 Å². The standard InChI is InChI=1S/C25H29FN4O3/c1-33-19-4-2-3-17(13-19)22-15-23(28-27-22)25(32)30-11-9-29(10-12-30)24(31)21-14-20(21)16-5-7-18(26)8-6-16/h2-8,13,20-23,27-28H,9-12,14-15H2,1H3. The second-order valence-corrected chi connectivity index (χ2v) is 9.06. The van der Waals surface area contributed by atoms with Crippen LogP contribution in [0.5, 0.6) is 5.75 Å². The monoisotopic (exact) mass is 452 g/mol. The number of nitrogens with zero attached hydrogens (tertiary/aromatic N) is 2. The number of piperazine rings is 1. The van der Waals surface area contributed by atoms with Gasteiger partial charge in [0.25, 0.3) is 0 Å². The minimum atomic E-state index is -0.297. The zero-order valence-electron chi connectivity index (χ0n) is 18.7. The molecule has 2 aromatic rings. The number of hydrogen-bond donors (Lipinski definition) is 2. The molecule has 7 nitrogen and oxygen atoms in total. The Hall–Kier alpha value is -2.97. The third-order valence-corrected chi connectivity index (χ3v) is 7.01. The van der Waals surface area contributed by atoms with Gasteiger partial charge in [-0.1, -0.05) is 24.3 Å². The van der Waals surface area contributed by atoms with Crippen LogP contribution in [0.2, 0.25) is 0 Å². The molecule has 3 fully saturated rings. The van der Waals surface area contributed by atoms with Gasteiger partial charge in [0, 0.05) is 38.1 Å². The van der Waals surface area contributed by atoms with Crippen molar-refractivity contribution in [3.8, 4) is 5.75 Å². The molecule has 33 heavy (non-hydrogen) atoms. The minimum Gasteiger partial charge on any atom is -0.497 e. The summed E-state index contributed by atoms with van der Waals surface area (Å²) in [5.74, 6) is 0.903. The van der Waals surface area contributed by atoms with Gasteiger partial charge in [-0.05, 0) is 54.2 Å². The van der Waals surface area contributed by atoms with E-state index >= 15 is 0 Å². The maximum absolute atomic E-state index is 13.1. The van der Waals surface area contributed by atoms with Gasteiger partial charge in [0.05, 0.1) is 7.11 Å². The molecule has 2 aliphatic heterocycles. The van der Waals surface area contributed by atoms with Gasteiger partial charge in [-0.25, -0.2) is 15.2 Å². The Balaban J connectivity index is 1.11. The SMILES string of the molecule is COc1cccc(C2CC(C(=O)N3CCN(C(=O)C4CC4c4ccc(F)cc4)CC3)NN2)c1. The zero-order valence-corrected chi connectivity index (χ0v) is 18.7. The smallest absolute Gasteiger partial charge is 0.241 e. The summed E-state index contributed by atoms with van der Waals surface area (Å²) in [4.78, 5) is 29.7. The number of benzene rings is 2. The average molecular weight is 453 g/mol. The van der Waals surface area contributed by atoms with E-state index in [2.05, 4.69) is 10.9 Å². The van der Waals surface area contributed by atoms with Crippen LogP contribution in [0.1, 0.15) is 35.9 Å². The molecule has 0 radical (unpaired) electrons. The number of methoxy groups -OCH3 is 1. The highest BCUT2D eigenvalue weighted by molar-refractivity contribution is 5.84. The van der Waals surface area contributed by atoms with E-state index in [0.29, 0.717) is 32.6 Å². The van der Waals surface area contributed by atoms with Gasteiger partial charge in [-0.15, -0.1) is 0 Å². The van der Waals surface area contributed by atoms with Crippen molar-refractivity contribution in [3.05, 3.63) is 65.5 Å². The summed E-state index contributed by atoms with van der Waals surface area (Å²) in [7, 11) is 1.64. The second kappa shape index (κ2) is 9.11. The molecule has 4 unspecified atom stereocenters. The number of carbonyl (C=O) groups is 2. The molecule has 0 bridgehead atoms. The van der Waals surface area contributed by atoms with Crippen molar-refractivity contribution < 1.29 is 18.7 Å². The van der Waals surface area contributed by atoms with Crippen LogP contribution in [0, 0.1) is 11.7 Å². The average Bonchev–Trinajstić information content (AvgIpc) is 3.50. The number of rotatable bonds is 5. The number of ether oxygens (including phenoxy) is 1. The Kier molecular flexibility index (Phi) is 6.03. The molecule has 174 valence electrons. The maximum Gasteiger partial charge on any atom is 0.241 e. The van der Waals surface area contributed by atoms with Gasteiger partial charge in [0.15, 0.2) is 0 Å². The third kappa shape index (κ3) is 4.58. The van der Waals surface area contributed by atoms with Crippen LogP contribution in [0.4, 0.5) is 4.39 Å². The van der Waals surface area contributed by atoms with E-state index in [1.807, 2.05) is 34.1 Å². The summed E-state index contributed by atoms with van der Waals surface area (Å²) in [6.07, 6.45) is 1.47. The van der Waals surface area contributed by atoms with Crippen LogP contribution in [0.25, 0.3) is 0 Å². The summed E-state index contributed by atoms with van der Waals surface area (Å²) in [6, 6.07) is 14.0. The van der Waals surface area contributed by atoms with E-state index in [4.69, 9.17) is 4.74 Å². The van der Waals surface area contributed by atoms with E-state index in [9.17, 15) is 14.0 Å². The van der Waals surface area contributed by atoms with Crippen LogP contribution >= 0.6 is 0 Å². The molecule has 2 amide bonds. The van der Waals surface area contributed by atoms with Gasteiger partial charge < -0.3 is 14.5 Å². The van der Waals surface area contributed by atoms with Gasteiger partial charge >= 0.3 is 0 Å². The summed E-state index contributed by atoms with van der Waals surface area (Å²) in [6.45, 7) is 2.19. The van der Waals surface area contributed by atoms with Crippen molar-refractivity contribution in [2.24, 2.45) is 5.92 Å². The molecule has 1 saturated carbocycles. The Labute approximate surface area is 192 Å². The topological polar surface area (TPSA) is 73.9 Å². The highest BCUT2D eigenvalue weighted by atomic mass is 19.1. The number of hydrogen-bond acceptors (Lipinski definition) is 5. The van der Waals surface area contributed by atoms with Gasteiger partial charge in [0.2, 0.25) is 11.8 Å². The Bertz CT molecular complexity index is 1020. The number of hydrazine groups is 1. The van der Waals surface area contributed by atoms with Crippen molar-refractivity contribution in [1.29, 1.82) is 0 Å². The third-order valence-electron chi connectivity index (χ3n) is 7.01. The van der Waals surface area contributed by atoms with Crippen molar-refractivity contribution in [1.82, 2.24) is 20.7 Å². The van der Waals surface area contributed by atoms with E-state index in [-0.39, 0.29) is 41.6 Å². The van der Waals surface area contributed by atoms with Crippen molar-refractivity contribution in [3.63, 3.8) is 0 Å². The molecule has 5 rings (SSSR count). The van der Waals surface area contributed by atoms with Gasteiger partial charge in [0.1, 0.15) is 17.6 Å². The van der Waals surface area contributed by atoms with Crippen LogP contribution < -0.4 is 15.6 Å². The molecule has 0 spiro atoms. The van der Waals surface area contributed by atoms with E-state index in [1.54, 1.807) is 19.2 Å². The highest BCUT2D eigenvalue weighted by Crippen LogP contribution is 2.48. The predicted octanol–water partition coefficient (Wildman–Crippen LogP) is 2.22. The summed E-state index contributed by atoms with van der Waals surface area (Å²) < 4.78 is 18.4. The van der Waals surface area contributed by atoms with E-state index in [0.717, 1.165) is 23.3 Å². The molecular weight excluding hydrogens is 423 g/mol. The fourth-order valence-corrected chi connectivity index (χ4v) is 4.94. The highest BCUT2D eigenvalue weighted by Gasteiger charge is 2.46. The Morgan fingerprint density at radius 2 is 1.61 bits per heavy atom. The van der Waals surface area contributed by atoms with Crippen LogP contribution in [0.15, 0.2) is 48.5 Å². The molecule has 4 atom stereocenters. The lowest BCUT2D eigenvalue weighted by Gasteiger charge is -2.36. The fraction of sp³-hybridized carbons (Fsp3) is 0.440. The van der Waals surface area contributed by atoms with Gasteiger partial charge in [-0.2, -0.15) is 0 Å². The summed E-state index contributed by atoms with van der Waals surface area (Å²) >= 11 is 0. The van der Waals surface area contributed by atoms with E-state index in [1.165, 1.54) is 12.1 Å². The first-order chi connectivity index (χ1) is 16.0. The summed E-state index contributed by atoms with van der Waals surface area (Å²) in [5, 5.41) is 0. The Morgan fingerprint density at radius 1 is 0.909 bits per heavy atom. The molecular formula is C25H29FN4O3. The minimum absolute atomic E-state index is 0.0259. The maximum atomic E-state index is 13.1. The number of amides is 2. The van der Waals surface area contributed by atoms with E-state index < -0.39 is 0 Å². The lowest BCUT2D eigenvalue weighted by molar-refractivity contribution is -0.141. The number of carbonyl (C=O) groups excluding carboxylic acids is 2. The molecule has 0 aromatic heterocycles. The molecule has 2 saturated heterocycles. The van der Waals surface area contributed by atoms with Crippen molar-refractivity contribution in [2.75, 3.05) is 33.3 Å². The second-order valence-electron chi connectivity index (χ2n) is 9.06. The quantitative estimate of drug-likeness (QED) is 0.728. The first kappa shape index (κ1) is 21.9. The fourth-order valence-electron chi connectivity index (χ4n) is 4.94. The molecule has 2 N–H and O–H groups in total. The molecule has 1 aliphatic carbocycles. The number of halogens is 1. The zero-order chi connectivity index (χ0) is 22.9. The Morgan fingerprint density at radius 3 is 2.30 bits per heavy atom. The molecule has 8 heteroatoms. The number of nitrogens with one attached hydrogen (secondary N) is 2. The van der Waals surface area contributed by atoms with Crippen molar-refractivity contribution >= 4 is 11.8 Å². The molecule has 3 aliphatic rings. The van der Waals surface area contributed by atoms with Crippen LogP contribution in [-0.2, 0) is 9.59 Å². The molecule has 2 heterocycles. The first-order valence-electron chi connectivity index (χ1n) is 11.5. The molecule has 2 aromatic carbocycles. The summed E-state index contributed by atoms with van der Waals surface area (Å²) in [5.41, 5.74) is 8.47. The van der Waals surface area contributed by atoms with Crippen molar-refractivity contribution in [2.45, 2.75) is 30.8 Å². The van der Waals surface area contributed by atoms with Crippen LogP contribution in [0.3, 0.4) is 0 Å². The lowest BCUT2D eigenvalue weighted by Crippen LogP contribution is -2.55. The lowest BCUT2D eigenvalue weighted by atomic mass is 10.0. The largest absolute Gasteiger partial charge is 0.497 e.